The number of anilines is 1. The van der Waals surface area contributed by atoms with Gasteiger partial charge in [0.1, 0.15) is 0 Å². The second kappa shape index (κ2) is 4.32. The summed E-state index contributed by atoms with van der Waals surface area (Å²) in [6, 6.07) is 9.69. The van der Waals surface area contributed by atoms with Crippen LogP contribution in [0.2, 0.25) is 0 Å². The molecule has 0 amide bonds. The number of rotatable bonds is 1. The lowest BCUT2D eigenvalue weighted by atomic mass is 10.2. The highest BCUT2D eigenvalue weighted by molar-refractivity contribution is 6.02. The second-order valence-corrected chi connectivity index (χ2v) is 4.87. The van der Waals surface area contributed by atoms with Gasteiger partial charge in [0.15, 0.2) is 5.58 Å². The van der Waals surface area contributed by atoms with Crippen LogP contribution in [0.4, 0.5) is 5.69 Å². The Morgan fingerprint density at radius 3 is 2.95 bits per heavy atom. The van der Waals surface area contributed by atoms with E-state index in [1.54, 1.807) is 36.7 Å². The molecule has 2 aromatic heterocycles. The molecule has 0 atom stereocenters. The molecule has 2 heterocycles. The number of fused-ring (bicyclic) bond motifs is 2. The van der Waals surface area contributed by atoms with Crippen molar-refractivity contribution in [2.75, 3.05) is 5.73 Å². The first kappa shape index (κ1) is 12.4. The van der Waals surface area contributed by atoms with Gasteiger partial charge >= 0.3 is 5.76 Å². The molecular weight excluding hydrogens is 284 g/mol. The summed E-state index contributed by atoms with van der Waals surface area (Å²) in [6.45, 7) is 0. The molecular formula is C15H10N4O3. The molecule has 0 unspecified atom stereocenters. The van der Waals surface area contributed by atoms with Crippen LogP contribution in [0.15, 0.2) is 51.9 Å². The summed E-state index contributed by atoms with van der Waals surface area (Å²) in [6.07, 6.45) is 1.54. The van der Waals surface area contributed by atoms with E-state index in [0.717, 1.165) is 15.6 Å². The van der Waals surface area contributed by atoms with Crippen LogP contribution in [-0.4, -0.2) is 20.4 Å². The van der Waals surface area contributed by atoms with Crippen molar-refractivity contribution in [3.8, 4) is 0 Å². The minimum absolute atomic E-state index is 0.279. The van der Waals surface area contributed by atoms with E-state index in [1.165, 1.54) is 6.07 Å². The largest absolute Gasteiger partial charge is 0.427 e. The molecule has 22 heavy (non-hydrogen) atoms. The maximum Gasteiger partial charge on any atom is 0.427 e. The molecule has 0 bridgehead atoms. The molecule has 0 aliphatic heterocycles. The van der Waals surface area contributed by atoms with Crippen LogP contribution < -0.4 is 11.5 Å². The number of imidazole rings is 1. The Bertz CT molecular complexity index is 1090. The van der Waals surface area contributed by atoms with E-state index < -0.39 is 11.7 Å². The zero-order valence-electron chi connectivity index (χ0n) is 11.2. The summed E-state index contributed by atoms with van der Waals surface area (Å²) in [5, 5.41) is 0. The van der Waals surface area contributed by atoms with E-state index in [2.05, 4.69) is 9.97 Å². The van der Waals surface area contributed by atoms with Crippen molar-refractivity contribution in [3.63, 3.8) is 0 Å². The maximum absolute atomic E-state index is 12.6. The minimum atomic E-state index is -0.740. The molecule has 0 radical (unpaired) electrons. The van der Waals surface area contributed by atoms with Gasteiger partial charge in [0.2, 0.25) is 0 Å². The third-order valence-corrected chi connectivity index (χ3v) is 3.47. The van der Waals surface area contributed by atoms with E-state index in [1.807, 2.05) is 0 Å². The second-order valence-electron chi connectivity index (χ2n) is 4.87. The molecule has 0 spiro atoms. The Kier molecular flexibility index (Phi) is 2.43. The van der Waals surface area contributed by atoms with E-state index >= 15 is 0 Å². The van der Waals surface area contributed by atoms with E-state index in [-0.39, 0.29) is 5.58 Å². The van der Waals surface area contributed by atoms with Crippen molar-refractivity contribution in [2.45, 2.75) is 0 Å². The SMILES string of the molecule is Nc1ccc2c(c1)oc(=O)n2C(=O)c1ccc2nc[nH]c2c1. The number of nitrogen functional groups attached to an aromatic ring is 1. The average molecular weight is 294 g/mol. The van der Waals surface area contributed by atoms with Crippen molar-refractivity contribution < 1.29 is 9.21 Å². The molecule has 2 aromatic carbocycles. The molecule has 0 fully saturated rings. The molecule has 0 aliphatic rings. The van der Waals surface area contributed by atoms with Crippen LogP contribution in [0.5, 0.6) is 0 Å². The summed E-state index contributed by atoms with van der Waals surface area (Å²) >= 11 is 0. The standard InChI is InChI=1S/C15H10N4O3/c16-9-2-4-12-13(6-9)22-15(21)19(12)14(20)8-1-3-10-11(5-8)18-7-17-10/h1-7H,16H2,(H,17,18). The molecule has 0 saturated carbocycles. The highest BCUT2D eigenvalue weighted by atomic mass is 16.4. The van der Waals surface area contributed by atoms with Gasteiger partial charge in [-0.05, 0) is 30.3 Å². The van der Waals surface area contributed by atoms with Crippen LogP contribution in [0, 0.1) is 0 Å². The number of hydrogen-bond acceptors (Lipinski definition) is 5. The number of aromatic amines is 1. The van der Waals surface area contributed by atoms with Crippen LogP contribution in [0.25, 0.3) is 22.1 Å². The fourth-order valence-corrected chi connectivity index (χ4v) is 2.43. The Labute approximate surface area is 123 Å². The first-order chi connectivity index (χ1) is 10.6. The van der Waals surface area contributed by atoms with Crippen molar-refractivity contribution in [2.24, 2.45) is 0 Å². The van der Waals surface area contributed by atoms with Crippen molar-refractivity contribution in [3.05, 3.63) is 58.8 Å². The lowest BCUT2D eigenvalue weighted by Crippen LogP contribution is -2.23. The number of carbonyl (C=O) groups excluding carboxylic acids is 1. The molecule has 0 saturated heterocycles. The van der Waals surface area contributed by atoms with Crippen molar-refractivity contribution >= 4 is 33.7 Å². The lowest BCUT2D eigenvalue weighted by molar-refractivity contribution is 0.0956. The number of H-pyrrole nitrogens is 1. The Balaban J connectivity index is 1.92. The van der Waals surface area contributed by atoms with Crippen molar-refractivity contribution in [1.29, 1.82) is 0 Å². The van der Waals surface area contributed by atoms with Gasteiger partial charge in [-0.2, -0.15) is 0 Å². The maximum atomic E-state index is 12.6. The zero-order valence-corrected chi connectivity index (χ0v) is 11.2. The topological polar surface area (TPSA) is 107 Å². The predicted molar refractivity (Wildman–Crippen MR) is 80.7 cm³/mol. The average Bonchev–Trinajstić information content (AvgIpc) is 3.08. The molecule has 7 nitrogen and oxygen atoms in total. The number of nitrogens with two attached hydrogens (primary N) is 1. The highest BCUT2D eigenvalue weighted by Gasteiger charge is 2.18. The van der Waals surface area contributed by atoms with Gasteiger partial charge in [0.05, 0.1) is 22.9 Å². The summed E-state index contributed by atoms with van der Waals surface area (Å²) in [5.41, 5.74) is 8.60. The predicted octanol–water partition coefficient (Wildman–Crippen LogP) is 1.74. The third kappa shape index (κ3) is 1.72. The number of nitrogens with zero attached hydrogens (tertiary/aromatic N) is 2. The smallest absolute Gasteiger partial charge is 0.407 e. The minimum Gasteiger partial charge on any atom is -0.407 e. The van der Waals surface area contributed by atoms with Crippen LogP contribution >= 0.6 is 0 Å². The van der Waals surface area contributed by atoms with Gasteiger partial charge < -0.3 is 15.1 Å². The van der Waals surface area contributed by atoms with Crippen LogP contribution in [0.3, 0.4) is 0 Å². The lowest BCUT2D eigenvalue weighted by Gasteiger charge is -2.01. The number of nitrogens with one attached hydrogen (secondary N) is 1. The number of oxazole rings is 1. The van der Waals surface area contributed by atoms with Gasteiger partial charge in [-0.1, -0.05) is 0 Å². The van der Waals surface area contributed by atoms with E-state index in [9.17, 15) is 9.59 Å². The monoisotopic (exact) mass is 294 g/mol. The summed E-state index contributed by atoms with van der Waals surface area (Å²) in [7, 11) is 0. The van der Waals surface area contributed by atoms with Gasteiger partial charge in [0, 0.05) is 17.3 Å². The van der Waals surface area contributed by atoms with E-state index in [4.69, 9.17) is 10.2 Å². The summed E-state index contributed by atoms with van der Waals surface area (Å²) in [5.74, 6) is -1.21. The Hall–Kier alpha value is -3.35. The van der Waals surface area contributed by atoms with Gasteiger partial charge in [-0.25, -0.2) is 14.3 Å². The van der Waals surface area contributed by atoms with E-state index in [0.29, 0.717) is 16.8 Å². The Morgan fingerprint density at radius 2 is 2.09 bits per heavy atom. The molecule has 108 valence electrons. The van der Waals surface area contributed by atoms with Gasteiger partial charge in [0.25, 0.3) is 5.91 Å². The molecule has 7 heteroatoms. The molecule has 3 N–H and O–H groups in total. The zero-order chi connectivity index (χ0) is 15.3. The fourth-order valence-electron chi connectivity index (χ4n) is 2.43. The number of benzene rings is 2. The number of aromatic nitrogens is 3. The molecule has 4 aromatic rings. The first-order valence-corrected chi connectivity index (χ1v) is 6.52. The quantitative estimate of drug-likeness (QED) is 0.520. The Morgan fingerprint density at radius 1 is 1.23 bits per heavy atom. The van der Waals surface area contributed by atoms with Gasteiger partial charge in [-0.3, -0.25) is 4.79 Å². The summed E-state index contributed by atoms with van der Waals surface area (Å²) in [4.78, 5) is 31.6. The van der Waals surface area contributed by atoms with Crippen LogP contribution in [0.1, 0.15) is 10.4 Å². The first-order valence-electron chi connectivity index (χ1n) is 6.52. The summed E-state index contributed by atoms with van der Waals surface area (Å²) < 4.78 is 6.07. The molecule has 4 rings (SSSR count). The third-order valence-electron chi connectivity index (χ3n) is 3.47. The highest BCUT2D eigenvalue weighted by Crippen LogP contribution is 2.18. The van der Waals surface area contributed by atoms with Crippen molar-refractivity contribution in [1.82, 2.24) is 14.5 Å². The normalized spacial score (nSPS) is 11.3. The molecule has 0 aliphatic carbocycles. The van der Waals surface area contributed by atoms with Gasteiger partial charge in [-0.15, -0.1) is 0 Å². The number of hydrogen-bond donors (Lipinski definition) is 2. The number of carbonyl (C=O) groups is 1. The fraction of sp³-hybridized carbons (Fsp3) is 0. The van der Waals surface area contributed by atoms with Crippen LogP contribution in [-0.2, 0) is 0 Å².